The standard InChI is InChI=1S/C25H24N4O3S/c1-19-8-14-24(15-9-19)33(31,32)28(2)23-12-10-21(11-13-23)25(30)27-22-16-26-29(18-22)17-20-6-4-3-5-7-20/h3-16,18H,17H2,1-2H3,(H,27,30). The zero-order valence-corrected chi connectivity index (χ0v) is 19.2. The zero-order valence-electron chi connectivity index (χ0n) is 18.3. The lowest BCUT2D eigenvalue weighted by molar-refractivity contribution is 0.102. The fourth-order valence-corrected chi connectivity index (χ4v) is 4.51. The van der Waals surface area contributed by atoms with Gasteiger partial charge in [-0.1, -0.05) is 48.0 Å². The maximum Gasteiger partial charge on any atom is 0.264 e. The predicted molar refractivity (Wildman–Crippen MR) is 129 cm³/mol. The van der Waals surface area contributed by atoms with Crippen LogP contribution in [0.1, 0.15) is 21.5 Å². The molecule has 1 amide bonds. The van der Waals surface area contributed by atoms with Crippen molar-refractivity contribution < 1.29 is 13.2 Å². The molecule has 0 radical (unpaired) electrons. The van der Waals surface area contributed by atoms with Gasteiger partial charge in [0.25, 0.3) is 15.9 Å². The van der Waals surface area contributed by atoms with Crippen LogP contribution in [0, 0.1) is 6.92 Å². The van der Waals surface area contributed by atoms with E-state index in [0.29, 0.717) is 23.5 Å². The Balaban J connectivity index is 1.42. The minimum Gasteiger partial charge on any atom is -0.319 e. The summed E-state index contributed by atoms with van der Waals surface area (Å²) in [4.78, 5) is 12.8. The first-order valence-corrected chi connectivity index (χ1v) is 11.8. The highest BCUT2D eigenvalue weighted by Crippen LogP contribution is 2.23. The molecular formula is C25H24N4O3S. The summed E-state index contributed by atoms with van der Waals surface area (Å²) in [6.45, 7) is 2.51. The van der Waals surface area contributed by atoms with E-state index < -0.39 is 10.0 Å². The number of sulfonamides is 1. The van der Waals surface area contributed by atoms with E-state index in [1.54, 1.807) is 65.6 Å². The minimum atomic E-state index is -3.69. The van der Waals surface area contributed by atoms with Gasteiger partial charge in [0.1, 0.15) is 0 Å². The molecule has 3 aromatic carbocycles. The van der Waals surface area contributed by atoms with Crippen molar-refractivity contribution in [2.24, 2.45) is 0 Å². The van der Waals surface area contributed by atoms with Crippen LogP contribution < -0.4 is 9.62 Å². The summed E-state index contributed by atoms with van der Waals surface area (Å²) in [6, 6.07) is 23.0. The molecule has 0 atom stereocenters. The van der Waals surface area contributed by atoms with Crippen LogP contribution in [0.5, 0.6) is 0 Å². The van der Waals surface area contributed by atoms with E-state index in [-0.39, 0.29) is 10.8 Å². The van der Waals surface area contributed by atoms with Gasteiger partial charge in [0, 0.05) is 18.8 Å². The number of benzene rings is 3. The molecule has 0 spiro atoms. The average Bonchev–Trinajstić information content (AvgIpc) is 3.26. The van der Waals surface area contributed by atoms with E-state index in [1.165, 1.54) is 11.4 Å². The number of aryl methyl sites for hydroxylation is 1. The van der Waals surface area contributed by atoms with E-state index >= 15 is 0 Å². The van der Waals surface area contributed by atoms with Crippen LogP contribution >= 0.6 is 0 Å². The lowest BCUT2D eigenvalue weighted by atomic mass is 10.2. The second-order valence-electron chi connectivity index (χ2n) is 7.70. The highest BCUT2D eigenvalue weighted by molar-refractivity contribution is 7.92. The van der Waals surface area contributed by atoms with E-state index in [9.17, 15) is 13.2 Å². The first kappa shape index (κ1) is 22.3. The van der Waals surface area contributed by atoms with Gasteiger partial charge in [-0.15, -0.1) is 0 Å². The van der Waals surface area contributed by atoms with E-state index in [4.69, 9.17) is 0 Å². The number of anilines is 2. The largest absolute Gasteiger partial charge is 0.319 e. The Bertz CT molecular complexity index is 1350. The van der Waals surface area contributed by atoms with Crippen LogP contribution in [-0.4, -0.2) is 31.2 Å². The van der Waals surface area contributed by atoms with Gasteiger partial charge in [-0.3, -0.25) is 13.8 Å². The van der Waals surface area contributed by atoms with Gasteiger partial charge >= 0.3 is 0 Å². The van der Waals surface area contributed by atoms with Gasteiger partial charge in [-0.25, -0.2) is 8.42 Å². The lowest BCUT2D eigenvalue weighted by Crippen LogP contribution is -2.26. The predicted octanol–water partition coefficient (Wildman–Crippen LogP) is 4.32. The Labute approximate surface area is 193 Å². The van der Waals surface area contributed by atoms with Crippen molar-refractivity contribution in [1.82, 2.24) is 9.78 Å². The van der Waals surface area contributed by atoms with Crippen LogP contribution in [0.2, 0.25) is 0 Å². The van der Waals surface area contributed by atoms with Crippen molar-refractivity contribution in [2.45, 2.75) is 18.4 Å². The average molecular weight is 461 g/mol. The maximum absolute atomic E-state index is 12.9. The fourth-order valence-electron chi connectivity index (χ4n) is 3.32. The number of hydrogen-bond donors (Lipinski definition) is 1. The molecule has 33 heavy (non-hydrogen) atoms. The molecule has 0 bridgehead atoms. The highest BCUT2D eigenvalue weighted by atomic mass is 32.2. The van der Waals surface area contributed by atoms with Gasteiger partial charge < -0.3 is 5.32 Å². The second-order valence-corrected chi connectivity index (χ2v) is 9.67. The number of nitrogens with zero attached hydrogens (tertiary/aromatic N) is 3. The fraction of sp³-hybridized carbons (Fsp3) is 0.120. The summed E-state index contributed by atoms with van der Waals surface area (Å²) in [5.74, 6) is -0.301. The number of rotatable bonds is 7. The lowest BCUT2D eigenvalue weighted by Gasteiger charge is -2.20. The second kappa shape index (κ2) is 9.30. The highest BCUT2D eigenvalue weighted by Gasteiger charge is 2.21. The number of aromatic nitrogens is 2. The summed E-state index contributed by atoms with van der Waals surface area (Å²) in [7, 11) is -2.20. The van der Waals surface area contributed by atoms with E-state index in [1.807, 2.05) is 37.3 Å². The number of hydrogen-bond acceptors (Lipinski definition) is 4. The van der Waals surface area contributed by atoms with Crippen molar-refractivity contribution in [3.63, 3.8) is 0 Å². The van der Waals surface area contributed by atoms with Crippen molar-refractivity contribution in [3.8, 4) is 0 Å². The Kier molecular flexibility index (Phi) is 6.28. The first-order chi connectivity index (χ1) is 15.8. The topological polar surface area (TPSA) is 84.3 Å². The number of carbonyl (C=O) groups is 1. The van der Waals surface area contributed by atoms with Gasteiger partial charge in [0.05, 0.1) is 29.0 Å². The minimum absolute atomic E-state index is 0.213. The normalized spacial score (nSPS) is 11.2. The van der Waals surface area contributed by atoms with Gasteiger partial charge in [-0.2, -0.15) is 5.10 Å². The van der Waals surface area contributed by atoms with Gasteiger partial charge in [-0.05, 0) is 48.9 Å². The summed E-state index contributed by atoms with van der Waals surface area (Å²) >= 11 is 0. The molecule has 7 nitrogen and oxygen atoms in total. The van der Waals surface area contributed by atoms with Crippen molar-refractivity contribution >= 4 is 27.3 Å². The van der Waals surface area contributed by atoms with Crippen LogP contribution in [0.3, 0.4) is 0 Å². The van der Waals surface area contributed by atoms with Gasteiger partial charge in [0.2, 0.25) is 0 Å². The molecule has 0 unspecified atom stereocenters. The molecule has 1 aromatic heterocycles. The molecule has 0 saturated carbocycles. The van der Waals surface area contributed by atoms with Crippen molar-refractivity contribution in [1.29, 1.82) is 0 Å². The third-order valence-corrected chi connectivity index (χ3v) is 7.05. The summed E-state index contributed by atoms with van der Waals surface area (Å²) in [5.41, 5.74) is 3.55. The molecule has 0 aliphatic rings. The molecule has 8 heteroatoms. The quantitative estimate of drug-likeness (QED) is 0.445. The molecule has 0 aliphatic heterocycles. The Morgan fingerprint density at radius 1 is 0.970 bits per heavy atom. The van der Waals surface area contributed by atoms with Crippen LogP contribution in [0.25, 0.3) is 0 Å². The molecular weight excluding hydrogens is 436 g/mol. The Hall–Kier alpha value is -3.91. The molecule has 0 fully saturated rings. The SMILES string of the molecule is Cc1ccc(S(=O)(=O)N(C)c2ccc(C(=O)Nc3cnn(Cc4ccccc4)c3)cc2)cc1. The van der Waals surface area contributed by atoms with Crippen molar-refractivity contribution in [3.05, 3.63) is 108 Å². The first-order valence-electron chi connectivity index (χ1n) is 10.4. The van der Waals surface area contributed by atoms with E-state index in [0.717, 1.165) is 11.1 Å². The van der Waals surface area contributed by atoms with Crippen LogP contribution in [0.15, 0.2) is 96.2 Å². The number of amides is 1. The smallest absolute Gasteiger partial charge is 0.264 e. The van der Waals surface area contributed by atoms with Gasteiger partial charge in [0.15, 0.2) is 0 Å². The Morgan fingerprint density at radius 3 is 2.30 bits per heavy atom. The Morgan fingerprint density at radius 2 is 1.64 bits per heavy atom. The molecule has 0 saturated heterocycles. The van der Waals surface area contributed by atoms with Crippen LogP contribution in [0.4, 0.5) is 11.4 Å². The third-order valence-electron chi connectivity index (χ3n) is 5.25. The summed E-state index contributed by atoms with van der Waals surface area (Å²) in [5, 5.41) is 7.11. The number of carbonyl (C=O) groups excluding carboxylic acids is 1. The van der Waals surface area contributed by atoms with Crippen molar-refractivity contribution in [2.75, 3.05) is 16.7 Å². The maximum atomic E-state index is 12.9. The molecule has 168 valence electrons. The summed E-state index contributed by atoms with van der Waals surface area (Å²) in [6.07, 6.45) is 3.36. The monoisotopic (exact) mass is 460 g/mol. The summed E-state index contributed by atoms with van der Waals surface area (Å²) < 4.78 is 28.7. The zero-order chi connectivity index (χ0) is 23.4. The van der Waals surface area contributed by atoms with E-state index in [2.05, 4.69) is 10.4 Å². The number of nitrogens with one attached hydrogen (secondary N) is 1. The molecule has 4 rings (SSSR count). The van der Waals surface area contributed by atoms with Crippen LogP contribution in [-0.2, 0) is 16.6 Å². The molecule has 1 N–H and O–H groups in total. The molecule has 4 aromatic rings. The molecule has 0 aliphatic carbocycles. The molecule has 1 heterocycles. The third kappa shape index (κ3) is 5.12.